The molecule has 0 saturated carbocycles. The summed E-state index contributed by atoms with van der Waals surface area (Å²) in [7, 11) is 0. The van der Waals surface area contributed by atoms with E-state index in [4.69, 9.17) is 5.11 Å². The SMILES string of the molecule is CCCCC[C@H](C)C/C=C(CC)/C(C)=C(\C)C(=O)O. The van der Waals surface area contributed by atoms with Crippen LogP contribution in [0, 0.1) is 5.92 Å². The van der Waals surface area contributed by atoms with Crippen LogP contribution in [0.5, 0.6) is 0 Å². The Labute approximate surface area is 118 Å². The second kappa shape index (κ2) is 9.82. The van der Waals surface area contributed by atoms with Gasteiger partial charge < -0.3 is 5.11 Å². The summed E-state index contributed by atoms with van der Waals surface area (Å²) in [4.78, 5) is 11.0. The summed E-state index contributed by atoms with van der Waals surface area (Å²) in [6.45, 7) is 10.2. The molecule has 2 nitrogen and oxygen atoms in total. The maximum absolute atomic E-state index is 11.0. The smallest absolute Gasteiger partial charge is 0.331 e. The second-order valence-electron chi connectivity index (χ2n) is 5.47. The fourth-order valence-corrected chi connectivity index (χ4v) is 2.17. The van der Waals surface area contributed by atoms with Crippen LogP contribution in [0.1, 0.15) is 73.1 Å². The van der Waals surface area contributed by atoms with Gasteiger partial charge in [0, 0.05) is 5.57 Å². The second-order valence-corrected chi connectivity index (χ2v) is 5.47. The van der Waals surface area contributed by atoms with Crippen LogP contribution in [0.2, 0.25) is 0 Å². The van der Waals surface area contributed by atoms with E-state index in [9.17, 15) is 4.79 Å². The Morgan fingerprint density at radius 3 is 2.26 bits per heavy atom. The first-order chi connectivity index (χ1) is 8.93. The number of hydrogen-bond acceptors (Lipinski definition) is 1. The molecule has 19 heavy (non-hydrogen) atoms. The standard InChI is InChI=1S/C17H30O2/c1-6-8-9-10-13(3)11-12-16(7-2)14(4)15(5)17(18)19/h12-13H,6-11H2,1-5H3,(H,18,19)/b15-14+,16-12+/t13-/m0/s1. The first-order valence-corrected chi connectivity index (χ1v) is 7.54. The molecular formula is C17H30O2. The molecule has 1 N–H and O–H groups in total. The number of carbonyl (C=O) groups is 1. The lowest BCUT2D eigenvalue weighted by molar-refractivity contribution is -0.132. The van der Waals surface area contributed by atoms with Crippen molar-refractivity contribution in [2.24, 2.45) is 5.92 Å². The average Bonchev–Trinajstić information content (AvgIpc) is 2.38. The highest BCUT2D eigenvalue weighted by Crippen LogP contribution is 2.21. The zero-order chi connectivity index (χ0) is 14.8. The molecule has 0 bridgehead atoms. The molecule has 0 aliphatic rings. The van der Waals surface area contributed by atoms with Gasteiger partial charge in [-0.1, -0.05) is 52.5 Å². The first-order valence-electron chi connectivity index (χ1n) is 7.54. The zero-order valence-electron chi connectivity index (χ0n) is 13.3. The largest absolute Gasteiger partial charge is 0.478 e. The lowest BCUT2D eigenvalue weighted by Gasteiger charge is -2.12. The topological polar surface area (TPSA) is 37.3 Å². The van der Waals surface area contributed by atoms with E-state index in [1.807, 2.05) is 6.92 Å². The van der Waals surface area contributed by atoms with Crippen LogP contribution in [0.3, 0.4) is 0 Å². The van der Waals surface area contributed by atoms with E-state index in [2.05, 4.69) is 26.8 Å². The number of hydrogen-bond donors (Lipinski definition) is 1. The molecule has 0 spiro atoms. The fourth-order valence-electron chi connectivity index (χ4n) is 2.17. The molecular weight excluding hydrogens is 236 g/mol. The van der Waals surface area contributed by atoms with Gasteiger partial charge in [0.1, 0.15) is 0 Å². The summed E-state index contributed by atoms with van der Waals surface area (Å²) in [6.07, 6.45) is 9.33. The van der Waals surface area contributed by atoms with Crippen LogP contribution in [-0.4, -0.2) is 11.1 Å². The molecule has 0 unspecified atom stereocenters. The maximum atomic E-state index is 11.0. The number of unbranched alkanes of at least 4 members (excludes halogenated alkanes) is 2. The molecule has 110 valence electrons. The Morgan fingerprint density at radius 1 is 1.16 bits per heavy atom. The van der Waals surface area contributed by atoms with Crippen LogP contribution in [0.4, 0.5) is 0 Å². The van der Waals surface area contributed by atoms with Gasteiger partial charge in [-0.3, -0.25) is 0 Å². The van der Waals surface area contributed by atoms with Gasteiger partial charge in [0.15, 0.2) is 0 Å². The molecule has 0 aliphatic carbocycles. The van der Waals surface area contributed by atoms with Crippen molar-refractivity contribution in [2.45, 2.75) is 73.1 Å². The van der Waals surface area contributed by atoms with Crippen molar-refractivity contribution < 1.29 is 9.90 Å². The van der Waals surface area contributed by atoms with E-state index in [-0.39, 0.29) is 0 Å². The van der Waals surface area contributed by atoms with Crippen molar-refractivity contribution in [2.75, 3.05) is 0 Å². The monoisotopic (exact) mass is 266 g/mol. The summed E-state index contributed by atoms with van der Waals surface area (Å²) >= 11 is 0. The van der Waals surface area contributed by atoms with Crippen molar-refractivity contribution in [3.8, 4) is 0 Å². The highest BCUT2D eigenvalue weighted by atomic mass is 16.4. The number of aliphatic carboxylic acids is 1. The molecule has 0 aromatic carbocycles. The van der Waals surface area contributed by atoms with Gasteiger partial charge in [0.2, 0.25) is 0 Å². The van der Waals surface area contributed by atoms with E-state index in [0.717, 1.165) is 18.4 Å². The van der Waals surface area contributed by atoms with Crippen LogP contribution in [0.25, 0.3) is 0 Å². The Hall–Kier alpha value is -1.05. The predicted molar refractivity (Wildman–Crippen MR) is 82.3 cm³/mol. The molecule has 1 atom stereocenters. The summed E-state index contributed by atoms with van der Waals surface area (Å²) in [5.41, 5.74) is 2.57. The van der Waals surface area contributed by atoms with E-state index in [0.29, 0.717) is 11.5 Å². The fraction of sp³-hybridized carbons (Fsp3) is 0.706. The Morgan fingerprint density at radius 2 is 1.79 bits per heavy atom. The molecule has 0 aliphatic heterocycles. The average molecular weight is 266 g/mol. The van der Waals surface area contributed by atoms with Gasteiger partial charge in [-0.05, 0) is 43.8 Å². The molecule has 0 fully saturated rings. The van der Waals surface area contributed by atoms with Crippen molar-refractivity contribution >= 4 is 5.97 Å². The van der Waals surface area contributed by atoms with Crippen molar-refractivity contribution in [3.63, 3.8) is 0 Å². The van der Waals surface area contributed by atoms with Gasteiger partial charge in [-0.2, -0.15) is 0 Å². The molecule has 2 heteroatoms. The summed E-state index contributed by atoms with van der Waals surface area (Å²) < 4.78 is 0. The quantitative estimate of drug-likeness (QED) is 0.347. The maximum Gasteiger partial charge on any atom is 0.331 e. The highest BCUT2D eigenvalue weighted by molar-refractivity contribution is 5.87. The van der Waals surface area contributed by atoms with Crippen LogP contribution in [-0.2, 0) is 4.79 Å². The minimum Gasteiger partial charge on any atom is -0.478 e. The van der Waals surface area contributed by atoms with E-state index < -0.39 is 5.97 Å². The van der Waals surface area contributed by atoms with Crippen molar-refractivity contribution in [1.29, 1.82) is 0 Å². The Balaban J connectivity index is 4.56. The van der Waals surface area contributed by atoms with Gasteiger partial charge >= 0.3 is 5.97 Å². The lowest BCUT2D eigenvalue weighted by Crippen LogP contribution is -2.02. The van der Waals surface area contributed by atoms with Crippen LogP contribution < -0.4 is 0 Å². The predicted octanol–water partition coefficient (Wildman–Crippen LogP) is 5.35. The Bertz CT molecular complexity index is 337. The Kier molecular flexibility index (Phi) is 9.28. The highest BCUT2D eigenvalue weighted by Gasteiger charge is 2.09. The van der Waals surface area contributed by atoms with Crippen LogP contribution >= 0.6 is 0 Å². The molecule has 0 rings (SSSR count). The molecule has 0 radical (unpaired) electrons. The lowest BCUT2D eigenvalue weighted by atomic mass is 9.94. The minimum atomic E-state index is -0.812. The number of allylic oxidation sites excluding steroid dienone is 3. The van der Waals surface area contributed by atoms with Crippen LogP contribution in [0.15, 0.2) is 22.8 Å². The molecule has 0 aromatic rings. The summed E-state index contributed by atoms with van der Waals surface area (Å²) in [6, 6.07) is 0. The third kappa shape index (κ3) is 7.19. The molecule has 0 aromatic heterocycles. The van der Waals surface area contributed by atoms with E-state index in [1.165, 1.54) is 31.3 Å². The molecule has 0 heterocycles. The van der Waals surface area contributed by atoms with Gasteiger partial charge in [-0.25, -0.2) is 4.79 Å². The first kappa shape index (κ1) is 17.9. The molecule has 0 saturated heterocycles. The third-order valence-corrected chi connectivity index (χ3v) is 3.81. The van der Waals surface area contributed by atoms with Gasteiger partial charge in [-0.15, -0.1) is 0 Å². The van der Waals surface area contributed by atoms with E-state index in [1.54, 1.807) is 6.92 Å². The number of carboxylic acids is 1. The summed E-state index contributed by atoms with van der Waals surface area (Å²) in [5.74, 6) is -0.126. The number of rotatable bonds is 9. The van der Waals surface area contributed by atoms with Gasteiger partial charge in [0.25, 0.3) is 0 Å². The van der Waals surface area contributed by atoms with Crippen molar-refractivity contribution in [3.05, 3.63) is 22.8 Å². The summed E-state index contributed by atoms with van der Waals surface area (Å²) in [5, 5.41) is 9.03. The number of carboxylic acid groups (broad SMARTS) is 1. The van der Waals surface area contributed by atoms with Gasteiger partial charge in [0.05, 0.1) is 0 Å². The minimum absolute atomic E-state index is 0.465. The molecule has 0 amide bonds. The normalized spacial score (nSPS) is 15.1. The zero-order valence-corrected chi connectivity index (χ0v) is 13.3. The third-order valence-electron chi connectivity index (χ3n) is 3.81. The van der Waals surface area contributed by atoms with Crippen molar-refractivity contribution in [1.82, 2.24) is 0 Å². The van der Waals surface area contributed by atoms with E-state index >= 15 is 0 Å².